The Morgan fingerprint density at radius 2 is 1.90 bits per heavy atom. The SMILES string of the molecule is CCNC(=NCc1ccc(Oc2ccc(F)cc2)nc1)NCC(C)(C)N1CCOCC1. The van der Waals surface area contributed by atoms with E-state index in [1.54, 1.807) is 24.4 Å². The molecular formula is C23H32FN5O2. The number of nitrogens with one attached hydrogen (secondary N) is 2. The number of hydrogen-bond acceptors (Lipinski definition) is 5. The molecule has 0 spiro atoms. The van der Waals surface area contributed by atoms with Crippen molar-refractivity contribution in [1.82, 2.24) is 20.5 Å². The van der Waals surface area contributed by atoms with E-state index in [0.29, 0.717) is 18.2 Å². The molecule has 2 aromatic rings. The van der Waals surface area contributed by atoms with Crippen molar-refractivity contribution in [2.24, 2.45) is 4.99 Å². The van der Waals surface area contributed by atoms with E-state index in [2.05, 4.69) is 39.4 Å². The molecule has 1 aliphatic rings. The van der Waals surface area contributed by atoms with E-state index in [9.17, 15) is 4.39 Å². The van der Waals surface area contributed by atoms with Gasteiger partial charge >= 0.3 is 0 Å². The molecule has 8 heteroatoms. The molecule has 1 aromatic carbocycles. The summed E-state index contributed by atoms with van der Waals surface area (Å²) in [7, 11) is 0. The van der Waals surface area contributed by atoms with Crippen molar-refractivity contribution in [3.05, 3.63) is 54.0 Å². The molecule has 0 unspecified atom stereocenters. The topological polar surface area (TPSA) is 71.0 Å². The number of guanidine groups is 1. The molecule has 1 fully saturated rings. The summed E-state index contributed by atoms with van der Waals surface area (Å²) >= 11 is 0. The zero-order valence-corrected chi connectivity index (χ0v) is 18.5. The van der Waals surface area contributed by atoms with Gasteiger partial charge in [0.05, 0.1) is 19.8 Å². The Kier molecular flexibility index (Phi) is 8.20. The Balaban J connectivity index is 1.54. The largest absolute Gasteiger partial charge is 0.439 e. The average molecular weight is 430 g/mol. The minimum Gasteiger partial charge on any atom is -0.439 e. The number of hydrogen-bond donors (Lipinski definition) is 2. The third kappa shape index (κ3) is 7.18. The minimum atomic E-state index is -0.299. The molecule has 1 saturated heterocycles. The number of nitrogens with zero attached hydrogens (tertiary/aromatic N) is 3. The van der Waals surface area contributed by atoms with Gasteiger partial charge < -0.3 is 20.1 Å². The van der Waals surface area contributed by atoms with Gasteiger partial charge in [-0.1, -0.05) is 6.07 Å². The molecule has 168 valence electrons. The summed E-state index contributed by atoms with van der Waals surface area (Å²) < 4.78 is 24.1. The summed E-state index contributed by atoms with van der Waals surface area (Å²) in [4.78, 5) is 11.4. The van der Waals surface area contributed by atoms with Gasteiger partial charge in [-0.3, -0.25) is 4.90 Å². The van der Waals surface area contributed by atoms with Gasteiger partial charge in [0.15, 0.2) is 5.96 Å². The van der Waals surface area contributed by atoms with Crippen LogP contribution in [0.25, 0.3) is 0 Å². The number of ether oxygens (including phenoxy) is 2. The maximum Gasteiger partial charge on any atom is 0.219 e. The number of pyridine rings is 1. The lowest BCUT2D eigenvalue weighted by Crippen LogP contribution is -2.56. The van der Waals surface area contributed by atoms with Crippen molar-refractivity contribution in [1.29, 1.82) is 0 Å². The van der Waals surface area contributed by atoms with E-state index in [4.69, 9.17) is 9.47 Å². The third-order valence-corrected chi connectivity index (χ3v) is 5.15. The highest BCUT2D eigenvalue weighted by Gasteiger charge is 2.28. The fraction of sp³-hybridized carbons (Fsp3) is 0.478. The predicted octanol–water partition coefficient (Wildman–Crippen LogP) is 3.18. The highest BCUT2D eigenvalue weighted by molar-refractivity contribution is 5.79. The van der Waals surface area contributed by atoms with Crippen LogP contribution in [0.3, 0.4) is 0 Å². The molecular weight excluding hydrogens is 397 g/mol. The van der Waals surface area contributed by atoms with E-state index in [-0.39, 0.29) is 11.4 Å². The maximum atomic E-state index is 13.0. The fourth-order valence-electron chi connectivity index (χ4n) is 3.28. The van der Waals surface area contributed by atoms with Gasteiger partial charge in [-0.25, -0.2) is 14.4 Å². The van der Waals surface area contributed by atoms with Crippen LogP contribution >= 0.6 is 0 Å². The first-order valence-corrected chi connectivity index (χ1v) is 10.7. The second-order valence-electron chi connectivity index (χ2n) is 8.02. The zero-order chi connectivity index (χ0) is 22.1. The second-order valence-corrected chi connectivity index (χ2v) is 8.02. The first-order valence-electron chi connectivity index (χ1n) is 10.7. The Bertz CT molecular complexity index is 834. The van der Waals surface area contributed by atoms with Crippen LogP contribution in [0.4, 0.5) is 4.39 Å². The summed E-state index contributed by atoms with van der Waals surface area (Å²) in [6, 6.07) is 9.57. The average Bonchev–Trinajstić information content (AvgIpc) is 2.79. The number of halogens is 1. The quantitative estimate of drug-likeness (QED) is 0.496. The minimum absolute atomic E-state index is 0.000861. The van der Waals surface area contributed by atoms with Crippen molar-refractivity contribution in [2.75, 3.05) is 39.4 Å². The van der Waals surface area contributed by atoms with Gasteiger partial charge in [0.1, 0.15) is 11.6 Å². The summed E-state index contributed by atoms with van der Waals surface area (Å²) in [5.41, 5.74) is 0.969. The van der Waals surface area contributed by atoms with Crippen LogP contribution in [-0.2, 0) is 11.3 Å². The Morgan fingerprint density at radius 3 is 2.55 bits per heavy atom. The number of morpholine rings is 1. The molecule has 31 heavy (non-hydrogen) atoms. The van der Waals surface area contributed by atoms with Gasteiger partial charge in [-0.15, -0.1) is 0 Å². The first-order chi connectivity index (χ1) is 15.0. The number of rotatable bonds is 8. The summed E-state index contributed by atoms with van der Waals surface area (Å²) in [5, 5.41) is 6.75. The molecule has 2 heterocycles. The van der Waals surface area contributed by atoms with Crippen LogP contribution in [0, 0.1) is 5.82 Å². The number of aliphatic imine (C=N–C) groups is 1. The first kappa shape index (κ1) is 23.0. The number of benzene rings is 1. The van der Waals surface area contributed by atoms with Crippen LogP contribution in [0.2, 0.25) is 0 Å². The molecule has 1 aliphatic heterocycles. The van der Waals surface area contributed by atoms with E-state index in [1.807, 2.05) is 13.0 Å². The van der Waals surface area contributed by atoms with Crippen LogP contribution in [-0.4, -0.2) is 60.8 Å². The van der Waals surface area contributed by atoms with Crippen LogP contribution in [0.1, 0.15) is 26.3 Å². The van der Waals surface area contributed by atoms with E-state index >= 15 is 0 Å². The van der Waals surface area contributed by atoms with E-state index in [0.717, 1.165) is 50.9 Å². The zero-order valence-electron chi connectivity index (χ0n) is 18.5. The highest BCUT2D eigenvalue weighted by atomic mass is 19.1. The molecule has 1 aromatic heterocycles. The normalized spacial score (nSPS) is 15.5. The Hall–Kier alpha value is -2.71. The van der Waals surface area contributed by atoms with Gasteiger partial charge in [0, 0.05) is 44.0 Å². The van der Waals surface area contributed by atoms with Crippen molar-refractivity contribution in [3.63, 3.8) is 0 Å². The van der Waals surface area contributed by atoms with Crippen molar-refractivity contribution >= 4 is 5.96 Å². The second kappa shape index (κ2) is 11.1. The van der Waals surface area contributed by atoms with Crippen molar-refractivity contribution < 1.29 is 13.9 Å². The molecule has 7 nitrogen and oxygen atoms in total. The Labute approximate surface area is 183 Å². The summed E-state index contributed by atoms with van der Waals surface area (Å²) in [6.07, 6.45) is 1.74. The molecule has 0 bridgehead atoms. The lowest BCUT2D eigenvalue weighted by molar-refractivity contribution is -0.00834. The van der Waals surface area contributed by atoms with Gasteiger partial charge in [0.25, 0.3) is 0 Å². The molecule has 0 atom stereocenters. The maximum absolute atomic E-state index is 13.0. The van der Waals surface area contributed by atoms with Gasteiger partial charge in [0.2, 0.25) is 5.88 Å². The lowest BCUT2D eigenvalue weighted by atomic mass is 10.0. The number of aromatic nitrogens is 1. The standard InChI is InChI=1S/C23H32FN5O2/c1-4-25-22(28-17-23(2,3)29-11-13-30-14-12-29)27-16-18-5-10-21(26-15-18)31-20-8-6-19(24)7-9-20/h5-10,15H,4,11-14,16-17H2,1-3H3,(H2,25,27,28). The van der Waals surface area contributed by atoms with Crippen LogP contribution in [0.15, 0.2) is 47.6 Å². The molecule has 0 aliphatic carbocycles. The monoisotopic (exact) mass is 429 g/mol. The molecule has 0 saturated carbocycles. The fourth-order valence-corrected chi connectivity index (χ4v) is 3.28. The third-order valence-electron chi connectivity index (χ3n) is 5.15. The van der Waals surface area contributed by atoms with E-state index < -0.39 is 0 Å². The molecule has 3 rings (SSSR count). The van der Waals surface area contributed by atoms with E-state index in [1.165, 1.54) is 12.1 Å². The highest BCUT2D eigenvalue weighted by Crippen LogP contribution is 2.20. The van der Waals surface area contributed by atoms with Crippen molar-refractivity contribution in [3.8, 4) is 11.6 Å². The lowest BCUT2D eigenvalue weighted by Gasteiger charge is -2.41. The molecule has 0 radical (unpaired) electrons. The summed E-state index contributed by atoms with van der Waals surface area (Å²) in [6.45, 7) is 12.0. The van der Waals surface area contributed by atoms with Crippen LogP contribution in [0.5, 0.6) is 11.6 Å². The Morgan fingerprint density at radius 1 is 1.16 bits per heavy atom. The van der Waals surface area contributed by atoms with Crippen LogP contribution < -0.4 is 15.4 Å². The smallest absolute Gasteiger partial charge is 0.219 e. The predicted molar refractivity (Wildman–Crippen MR) is 120 cm³/mol. The van der Waals surface area contributed by atoms with Gasteiger partial charge in [-0.2, -0.15) is 0 Å². The molecule has 2 N–H and O–H groups in total. The van der Waals surface area contributed by atoms with Gasteiger partial charge in [-0.05, 0) is 50.6 Å². The molecule has 0 amide bonds. The summed E-state index contributed by atoms with van der Waals surface area (Å²) in [5.74, 6) is 1.47. The van der Waals surface area contributed by atoms with Crippen molar-refractivity contribution in [2.45, 2.75) is 32.9 Å².